The van der Waals surface area contributed by atoms with Crippen LogP contribution in [0, 0.1) is 23.2 Å². The molecule has 2 aliphatic rings. The van der Waals surface area contributed by atoms with Gasteiger partial charge in [0.25, 0.3) is 0 Å². The summed E-state index contributed by atoms with van der Waals surface area (Å²) in [5.41, 5.74) is 1.72. The Morgan fingerprint density at radius 3 is 2.41 bits per heavy atom. The van der Waals surface area contributed by atoms with E-state index in [9.17, 15) is 13.2 Å². The first-order chi connectivity index (χ1) is 13.6. The number of allylic oxidation sites excluding steroid dienone is 1. The van der Waals surface area contributed by atoms with E-state index in [-0.39, 0.29) is 17.0 Å². The van der Waals surface area contributed by atoms with Crippen LogP contribution in [0.4, 0.5) is 0 Å². The maximum atomic E-state index is 13.0. The molecular formula is C25H36O3S. The molecular weight excluding hydrogens is 380 g/mol. The fourth-order valence-corrected chi connectivity index (χ4v) is 7.14. The van der Waals surface area contributed by atoms with Crippen molar-refractivity contribution in [2.45, 2.75) is 77.5 Å². The van der Waals surface area contributed by atoms with Gasteiger partial charge in [-0.3, -0.25) is 4.79 Å². The van der Waals surface area contributed by atoms with Gasteiger partial charge in [0.2, 0.25) is 0 Å². The number of hydrogen-bond donors (Lipinski definition) is 0. The van der Waals surface area contributed by atoms with E-state index in [0.717, 1.165) is 30.8 Å². The quantitative estimate of drug-likeness (QED) is 0.522. The molecule has 0 bridgehead atoms. The van der Waals surface area contributed by atoms with Crippen LogP contribution in [0.1, 0.15) is 72.6 Å². The van der Waals surface area contributed by atoms with E-state index < -0.39 is 9.84 Å². The lowest BCUT2D eigenvalue weighted by Gasteiger charge is -2.40. The summed E-state index contributed by atoms with van der Waals surface area (Å²) in [6.45, 7) is 9.19. The van der Waals surface area contributed by atoms with Gasteiger partial charge in [-0.1, -0.05) is 70.7 Å². The van der Waals surface area contributed by atoms with E-state index in [2.05, 4.69) is 27.7 Å². The topological polar surface area (TPSA) is 51.2 Å². The van der Waals surface area contributed by atoms with Crippen molar-refractivity contribution in [3.63, 3.8) is 0 Å². The number of benzene rings is 1. The third-order valence-corrected chi connectivity index (χ3v) is 9.01. The number of ketones is 1. The van der Waals surface area contributed by atoms with Gasteiger partial charge in [-0.25, -0.2) is 8.42 Å². The second kappa shape index (κ2) is 8.75. The molecule has 4 heteroatoms. The summed E-state index contributed by atoms with van der Waals surface area (Å²) in [5.74, 6) is 1.79. The van der Waals surface area contributed by atoms with Crippen molar-refractivity contribution in [1.29, 1.82) is 0 Å². The van der Waals surface area contributed by atoms with Crippen molar-refractivity contribution in [1.82, 2.24) is 0 Å². The fraction of sp³-hybridized carbons (Fsp3) is 0.640. The molecule has 0 heterocycles. The molecule has 1 aromatic rings. The third-order valence-electron chi connectivity index (χ3n) is 7.35. The van der Waals surface area contributed by atoms with Crippen LogP contribution in [0.5, 0.6) is 0 Å². The van der Waals surface area contributed by atoms with Crippen LogP contribution in [0.15, 0.2) is 46.4 Å². The van der Waals surface area contributed by atoms with Crippen molar-refractivity contribution >= 4 is 15.6 Å². The Bertz CT molecular complexity index is 867. The number of fused-ring (bicyclic) bond motifs is 1. The molecule has 2 aliphatic carbocycles. The Morgan fingerprint density at radius 2 is 1.76 bits per heavy atom. The lowest BCUT2D eigenvalue weighted by molar-refractivity contribution is -0.117. The van der Waals surface area contributed by atoms with Gasteiger partial charge in [0.05, 0.1) is 10.6 Å². The highest BCUT2D eigenvalue weighted by atomic mass is 32.2. The minimum absolute atomic E-state index is 0.0211. The molecule has 1 saturated carbocycles. The average molecular weight is 417 g/mol. The maximum absolute atomic E-state index is 13.0. The highest BCUT2D eigenvalue weighted by Crippen LogP contribution is 2.57. The normalized spacial score (nSPS) is 26.1. The molecule has 0 aliphatic heterocycles. The monoisotopic (exact) mass is 416 g/mol. The molecule has 0 N–H and O–H groups in total. The maximum Gasteiger partial charge on any atom is 0.182 e. The lowest BCUT2D eigenvalue weighted by Crippen LogP contribution is -2.35. The van der Waals surface area contributed by atoms with Crippen LogP contribution in [-0.4, -0.2) is 20.0 Å². The second-order valence-corrected chi connectivity index (χ2v) is 11.8. The van der Waals surface area contributed by atoms with Crippen molar-refractivity contribution in [2.75, 3.05) is 5.75 Å². The summed E-state index contributed by atoms with van der Waals surface area (Å²) in [7, 11) is -3.50. The van der Waals surface area contributed by atoms with Crippen molar-refractivity contribution in [3.8, 4) is 0 Å². The highest BCUT2D eigenvalue weighted by Gasteiger charge is 2.49. The predicted molar refractivity (Wildman–Crippen MR) is 118 cm³/mol. The Morgan fingerprint density at radius 1 is 1.07 bits per heavy atom. The van der Waals surface area contributed by atoms with Gasteiger partial charge in [0, 0.05) is 12.0 Å². The largest absolute Gasteiger partial charge is 0.295 e. The average Bonchev–Trinajstić information content (AvgIpc) is 3.02. The molecule has 0 amide bonds. The number of sulfone groups is 1. The van der Waals surface area contributed by atoms with Crippen LogP contribution in [-0.2, 0) is 14.6 Å². The van der Waals surface area contributed by atoms with E-state index >= 15 is 0 Å². The first-order valence-corrected chi connectivity index (χ1v) is 12.8. The zero-order valence-corrected chi connectivity index (χ0v) is 19.2. The van der Waals surface area contributed by atoms with E-state index in [1.165, 1.54) is 19.3 Å². The number of carbonyl (C=O) groups excluding carboxylic acids is 1. The summed E-state index contributed by atoms with van der Waals surface area (Å²) in [5, 5.41) is 0. The Hall–Kier alpha value is -1.42. The molecule has 0 unspecified atom stereocenters. The zero-order valence-electron chi connectivity index (χ0n) is 18.4. The molecule has 3 atom stereocenters. The van der Waals surface area contributed by atoms with Gasteiger partial charge in [-0.15, -0.1) is 0 Å². The van der Waals surface area contributed by atoms with Crippen LogP contribution >= 0.6 is 0 Å². The minimum Gasteiger partial charge on any atom is -0.295 e. The van der Waals surface area contributed by atoms with Crippen molar-refractivity contribution in [3.05, 3.63) is 41.5 Å². The lowest BCUT2D eigenvalue weighted by atomic mass is 9.64. The first kappa shape index (κ1) is 22.3. The number of carbonyl (C=O) groups is 1. The summed E-state index contributed by atoms with van der Waals surface area (Å²) >= 11 is 0. The molecule has 160 valence electrons. The molecule has 3 nitrogen and oxygen atoms in total. The van der Waals surface area contributed by atoms with E-state index in [1.807, 2.05) is 6.07 Å². The smallest absolute Gasteiger partial charge is 0.182 e. The molecule has 0 radical (unpaired) electrons. The molecule has 1 aromatic carbocycles. The van der Waals surface area contributed by atoms with Gasteiger partial charge in [0.1, 0.15) is 0 Å². The molecule has 0 saturated heterocycles. The molecule has 0 spiro atoms. The van der Waals surface area contributed by atoms with Gasteiger partial charge in [-0.05, 0) is 54.6 Å². The Balaban J connectivity index is 1.85. The number of rotatable bonds is 8. The van der Waals surface area contributed by atoms with Crippen LogP contribution < -0.4 is 0 Å². The minimum atomic E-state index is -3.50. The van der Waals surface area contributed by atoms with Crippen molar-refractivity contribution in [2.24, 2.45) is 23.2 Å². The van der Waals surface area contributed by atoms with E-state index in [1.54, 1.807) is 24.3 Å². The first-order valence-electron chi connectivity index (χ1n) is 11.2. The standard InChI is InChI=1S/C25H36O3S/c1-18(2)9-8-10-19(3)22-13-14-23-21(24(26)15-16-25(22,23)4)17-29(27,28)20-11-6-5-7-12-20/h5-7,11-12,18-19,22H,8-10,13-17H2,1-4H3/t19-,22-,25-/m0/s1. The number of Topliss-reactive ketones (excluding diaryl/α,β-unsaturated/α-hetero) is 1. The van der Waals surface area contributed by atoms with Gasteiger partial charge in [-0.2, -0.15) is 0 Å². The zero-order chi connectivity index (χ0) is 21.2. The molecule has 1 fully saturated rings. The summed E-state index contributed by atoms with van der Waals surface area (Å²) in [6.07, 6.45) is 7.04. The molecule has 29 heavy (non-hydrogen) atoms. The Labute approximate surface area is 176 Å². The Kier molecular flexibility index (Phi) is 6.72. The second-order valence-electron chi connectivity index (χ2n) is 9.82. The highest BCUT2D eigenvalue weighted by molar-refractivity contribution is 7.91. The third kappa shape index (κ3) is 4.68. The van der Waals surface area contributed by atoms with Gasteiger partial charge in [0.15, 0.2) is 15.6 Å². The summed E-state index contributed by atoms with van der Waals surface area (Å²) < 4.78 is 25.9. The number of hydrogen-bond acceptors (Lipinski definition) is 3. The SMILES string of the molecule is CC(C)CCC[C@H](C)[C@@H]1CCC2=C(CS(=O)(=O)c3ccccc3)C(=O)CC[C@]21C. The van der Waals surface area contributed by atoms with E-state index in [0.29, 0.717) is 28.7 Å². The van der Waals surface area contributed by atoms with Crippen LogP contribution in [0.25, 0.3) is 0 Å². The van der Waals surface area contributed by atoms with E-state index in [4.69, 9.17) is 0 Å². The summed E-state index contributed by atoms with van der Waals surface area (Å²) in [6, 6.07) is 8.54. The summed E-state index contributed by atoms with van der Waals surface area (Å²) in [4.78, 5) is 13.1. The van der Waals surface area contributed by atoms with Gasteiger partial charge < -0.3 is 0 Å². The predicted octanol–water partition coefficient (Wildman–Crippen LogP) is 6.00. The van der Waals surface area contributed by atoms with Gasteiger partial charge >= 0.3 is 0 Å². The molecule has 0 aromatic heterocycles. The fourth-order valence-electron chi connectivity index (χ4n) is 5.68. The van der Waals surface area contributed by atoms with Crippen LogP contribution in [0.3, 0.4) is 0 Å². The van der Waals surface area contributed by atoms with Crippen molar-refractivity contribution < 1.29 is 13.2 Å². The molecule has 3 rings (SSSR count). The van der Waals surface area contributed by atoms with Crippen LogP contribution in [0.2, 0.25) is 0 Å².